The van der Waals surface area contributed by atoms with Crippen LogP contribution in [0.15, 0.2) is 36.4 Å². The fourth-order valence-electron chi connectivity index (χ4n) is 4.83. The number of rotatable bonds is 6. The summed E-state index contributed by atoms with van der Waals surface area (Å²) in [5.41, 5.74) is 1.21. The Bertz CT molecular complexity index is 960. The van der Waals surface area contributed by atoms with E-state index in [-0.39, 0.29) is 17.6 Å². The Balaban J connectivity index is 1.66. The third-order valence-corrected chi connectivity index (χ3v) is 6.22. The number of amides is 1. The number of nitrogens with zero attached hydrogens (tertiary/aromatic N) is 1. The summed E-state index contributed by atoms with van der Waals surface area (Å²) in [5.74, 6) is 1.27. The lowest BCUT2D eigenvalue weighted by Crippen LogP contribution is -2.55. The molecule has 2 aliphatic heterocycles. The molecule has 1 amide bonds. The predicted molar refractivity (Wildman–Crippen MR) is 117 cm³/mol. The number of hydrogen-bond donors (Lipinski definition) is 1. The Morgan fingerprint density at radius 1 is 1.16 bits per heavy atom. The maximum atomic E-state index is 14.0. The van der Waals surface area contributed by atoms with E-state index in [0.717, 1.165) is 11.1 Å². The maximum absolute atomic E-state index is 14.0. The van der Waals surface area contributed by atoms with E-state index in [2.05, 4.69) is 10.2 Å². The molecule has 0 aliphatic carbocycles. The van der Waals surface area contributed by atoms with E-state index >= 15 is 0 Å². The number of ether oxygens (including phenoxy) is 4. The Hall–Kier alpha value is -2.84. The molecule has 0 bridgehead atoms. The summed E-state index contributed by atoms with van der Waals surface area (Å²) in [6.07, 6.45) is 0.324. The minimum atomic E-state index is -0.623. The molecule has 2 fully saturated rings. The van der Waals surface area contributed by atoms with Gasteiger partial charge in [-0.15, -0.1) is 0 Å². The van der Waals surface area contributed by atoms with Crippen LogP contribution in [0.3, 0.4) is 0 Å². The van der Waals surface area contributed by atoms with Crippen LogP contribution in [0.5, 0.6) is 17.2 Å². The second-order valence-electron chi connectivity index (χ2n) is 8.32. The number of hydrogen-bond acceptors (Lipinski definition) is 6. The van der Waals surface area contributed by atoms with Crippen molar-refractivity contribution >= 4 is 5.91 Å². The summed E-state index contributed by atoms with van der Waals surface area (Å²) >= 11 is 0. The molecule has 2 aromatic rings. The zero-order chi connectivity index (χ0) is 22.7. The normalized spacial score (nSPS) is 23.6. The zero-order valence-corrected chi connectivity index (χ0v) is 18.7. The van der Waals surface area contributed by atoms with Crippen LogP contribution in [0.1, 0.15) is 23.5 Å². The van der Waals surface area contributed by atoms with Crippen molar-refractivity contribution in [2.75, 3.05) is 47.6 Å². The van der Waals surface area contributed by atoms with Crippen molar-refractivity contribution < 1.29 is 28.1 Å². The first kappa shape index (κ1) is 22.4. The lowest BCUT2D eigenvalue weighted by molar-refractivity contribution is -0.122. The minimum Gasteiger partial charge on any atom is -0.493 e. The van der Waals surface area contributed by atoms with Crippen molar-refractivity contribution in [2.24, 2.45) is 0 Å². The first-order valence-corrected chi connectivity index (χ1v) is 10.6. The van der Waals surface area contributed by atoms with Crippen molar-refractivity contribution in [3.8, 4) is 17.2 Å². The number of carbonyl (C=O) groups excluding carboxylic acids is 1. The van der Waals surface area contributed by atoms with Crippen LogP contribution in [-0.2, 0) is 16.1 Å². The number of carbonyl (C=O) groups is 1. The highest BCUT2D eigenvalue weighted by Gasteiger charge is 2.49. The number of nitrogens with one attached hydrogen (secondary N) is 1. The SMILES string of the molecule is COc1cc(CN2C[C@@H](c3cccc(F)c3)[C@@]3(COCCC(=O)N3)C2)cc(OC)c1OC. The molecule has 2 heterocycles. The maximum Gasteiger partial charge on any atom is 0.222 e. The summed E-state index contributed by atoms with van der Waals surface area (Å²) in [6.45, 7) is 2.59. The number of benzene rings is 2. The minimum absolute atomic E-state index is 0.0430. The summed E-state index contributed by atoms with van der Waals surface area (Å²) in [7, 11) is 4.75. The molecule has 0 saturated carbocycles. The van der Waals surface area contributed by atoms with Crippen molar-refractivity contribution in [3.63, 3.8) is 0 Å². The van der Waals surface area contributed by atoms with E-state index < -0.39 is 5.54 Å². The number of halogens is 1. The van der Waals surface area contributed by atoms with E-state index in [9.17, 15) is 9.18 Å². The molecular formula is C24H29FN2O5. The van der Waals surface area contributed by atoms with Crippen LogP contribution < -0.4 is 19.5 Å². The van der Waals surface area contributed by atoms with Gasteiger partial charge in [-0.2, -0.15) is 0 Å². The monoisotopic (exact) mass is 444 g/mol. The van der Waals surface area contributed by atoms with Gasteiger partial charge in [-0.3, -0.25) is 9.69 Å². The Labute approximate surface area is 187 Å². The average Bonchev–Trinajstić information content (AvgIpc) is 3.01. The van der Waals surface area contributed by atoms with Crippen molar-refractivity contribution in [1.82, 2.24) is 10.2 Å². The molecule has 2 saturated heterocycles. The topological polar surface area (TPSA) is 69.3 Å². The molecule has 4 rings (SSSR count). The Morgan fingerprint density at radius 2 is 1.91 bits per heavy atom. The van der Waals surface area contributed by atoms with Crippen LogP contribution in [-0.4, -0.2) is 64.0 Å². The predicted octanol–water partition coefficient (Wildman–Crippen LogP) is 2.73. The molecular weight excluding hydrogens is 415 g/mol. The Kier molecular flexibility index (Phi) is 6.53. The summed E-state index contributed by atoms with van der Waals surface area (Å²) in [5, 5.41) is 3.20. The van der Waals surface area contributed by atoms with Crippen molar-refractivity contribution in [2.45, 2.75) is 24.4 Å². The molecule has 2 aromatic carbocycles. The van der Waals surface area contributed by atoms with Crippen molar-refractivity contribution in [1.29, 1.82) is 0 Å². The molecule has 32 heavy (non-hydrogen) atoms. The molecule has 1 spiro atoms. The van der Waals surface area contributed by atoms with Crippen LogP contribution in [0.25, 0.3) is 0 Å². The van der Waals surface area contributed by atoms with E-state index in [4.69, 9.17) is 18.9 Å². The van der Waals surface area contributed by atoms with Gasteiger partial charge < -0.3 is 24.3 Å². The molecule has 2 atom stereocenters. The highest BCUT2D eigenvalue weighted by Crippen LogP contribution is 2.41. The quantitative estimate of drug-likeness (QED) is 0.739. The molecule has 0 aromatic heterocycles. The summed E-state index contributed by atoms with van der Waals surface area (Å²) in [4.78, 5) is 14.7. The zero-order valence-electron chi connectivity index (χ0n) is 18.7. The molecule has 2 aliphatic rings. The fourth-order valence-corrected chi connectivity index (χ4v) is 4.83. The largest absolute Gasteiger partial charge is 0.493 e. The van der Waals surface area contributed by atoms with Crippen LogP contribution in [0.4, 0.5) is 4.39 Å². The molecule has 1 N–H and O–H groups in total. The van der Waals surface area contributed by atoms with Gasteiger partial charge in [0.2, 0.25) is 11.7 Å². The Morgan fingerprint density at radius 3 is 2.56 bits per heavy atom. The summed E-state index contributed by atoms with van der Waals surface area (Å²) in [6, 6.07) is 10.4. The molecule has 172 valence electrons. The van der Waals surface area contributed by atoms with Gasteiger partial charge in [-0.05, 0) is 35.4 Å². The average molecular weight is 445 g/mol. The van der Waals surface area contributed by atoms with Crippen molar-refractivity contribution in [3.05, 3.63) is 53.3 Å². The molecule has 0 unspecified atom stereocenters. The van der Waals surface area contributed by atoms with E-state index in [1.807, 2.05) is 18.2 Å². The standard InChI is InChI=1S/C24H29FN2O5/c1-29-20-9-16(10-21(30-2)23(20)31-3)12-27-13-19(17-5-4-6-18(25)11-17)24(14-27)15-32-8-7-22(28)26-24/h4-6,9-11,19H,7-8,12-15H2,1-3H3,(H,26,28)/t19-,24-/m0/s1. The van der Waals surface area contributed by atoms with Gasteiger partial charge in [0.15, 0.2) is 11.5 Å². The van der Waals surface area contributed by atoms with Gasteiger partial charge in [0, 0.05) is 32.0 Å². The first-order valence-electron chi connectivity index (χ1n) is 10.6. The smallest absolute Gasteiger partial charge is 0.222 e. The molecule has 0 radical (unpaired) electrons. The van der Waals surface area contributed by atoms with Crippen LogP contribution >= 0.6 is 0 Å². The second kappa shape index (κ2) is 9.34. The van der Waals surface area contributed by atoms with Gasteiger partial charge in [0.1, 0.15) is 5.82 Å². The lowest BCUT2D eigenvalue weighted by atomic mass is 9.82. The van der Waals surface area contributed by atoms with Gasteiger partial charge in [-0.1, -0.05) is 12.1 Å². The second-order valence-corrected chi connectivity index (χ2v) is 8.32. The third kappa shape index (κ3) is 4.38. The van der Waals surface area contributed by atoms with E-state index in [0.29, 0.717) is 56.5 Å². The first-order chi connectivity index (χ1) is 15.5. The van der Waals surface area contributed by atoms with Gasteiger partial charge in [0.25, 0.3) is 0 Å². The summed E-state index contributed by atoms with van der Waals surface area (Å²) < 4.78 is 36.3. The van der Waals surface area contributed by atoms with Gasteiger partial charge >= 0.3 is 0 Å². The third-order valence-electron chi connectivity index (χ3n) is 6.22. The van der Waals surface area contributed by atoms with Crippen LogP contribution in [0.2, 0.25) is 0 Å². The van der Waals surface area contributed by atoms with E-state index in [1.165, 1.54) is 6.07 Å². The fraction of sp³-hybridized carbons (Fsp3) is 0.458. The lowest BCUT2D eigenvalue weighted by Gasteiger charge is -2.34. The number of likely N-dealkylation sites (tertiary alicyclic amines) is 1. The molecule has 7 nitrogen and oxygen atoms in total. The number of methoxy groups -OCH3 is 3. The highest BCUT2D eigenvalue weighted by molar-refractivity contribution is 5.77. The van der Waals surface area contributed by atoms with Gasteiger partial charge in [-0.25, -0.2) is 4.39 Å². The van der Waals surface area contributed by atoms with Gasteiger partial charge in [0.05, 0.1) is 40.1 Å². The molecule has 8 heteroatoms. The van der Waals surface area contributed by atoms with E-state index in [1.54, 1.807) is 33.5 Å². The van der Waals surface area contributed by atoms with Crippen LogP contribution in [0, 0.1) is 5.82 Å². The highest BCUT2D eigenvalue weighted by atomic mass is 19.1.